The molecule has 1 aliphatic heterocycles. The fraction of sp³-hybridized carbons (Fsp3) is 0.538. The maximum absolute atomic E-state index is 11.1. The largest absolute Gasteiger partial charge is 0.493 e. The van der Waals surface area contributed by atoms with E-state index in [2.05, 4.69) is 15.9 Å². The molecule has 1 aromatic rings. The number of nitro benzene ring substituents is 1. The van der Waals surface area contributed by atoms with Crippen molar-refractivity contribution in [1.82, 2.24) is 0 Å². The van der Waals surface area contributed by atoms with E-state index in [0.717, 1.165) is 13.0 Å². The van der Waals surface area contributed by atoms with Gasteiger partial charge in [0.2, 0.25) is 0 Å². The summed E-state index contributed by atoms with van der Waals surface area (Å²) in [6.45, 7) is 1.89. The zero-order chi connectivity index (χ0) is 14.5. The van der Waals surface area contributed by atoms with Gasteiger partial charge in [-0.15, -0.1) is 0 Å². The highest BCUT2D eigenvalue weighted by molar-refractivity contribution is 9.08. The monoisotopic (exact) mass is 345 g/mol. The van der Waals surface area contributed by atoms with Crippen molar-refractivity contribution < 1.29 is 19.1 Å². The van der Waals surface area contributed by atoms with Gasteiger partial charge in [-0.1, -0.05) is 15.9 Å². The topological polar surface area (TPSA) is 70.8 Å². The van der Waals surface area contributed by atoms with Crippen LogP contribution in [0.15, 0.2) is 12.1 Å². The molecule has 1 heterocycles. The van der Waals surface area contributed by atoms with Crippen molar-refractivity contribution in [1.29, 1.82) is 0 Å². The summed E-state index contributed by atoms with van der Waals surface area (Å²) in [6.07, 6.45) is 0.948. The minimum Gasteiger partial charge on any atom is -0.493 e. The van der Waals surface area contributed by atoms with E-state index in [1.807, 2.05) is 0 Å². The Morgan fingerprint density at radius 3 is 2.85 bits per heavy atom. The lowest BCUT2D eigenvalue weighted by atomic mass is 10.1. The predicted molar refractivity (Wildman–Crippen MR) is 76.7 cm³/mol. The highest BCUT2D eigenvalue weighted by Gasteiger charge is 2.21. The van der Waals surface area contributed by atoms with Crippen LogP contribution in [0.2, 0.25) is 0 Å². The molecule has 1 aromatic carbocycles. The summed E-state index contributed by atoms with van der Waals surface area (Å²) in [7, 11) is 1.52. The third kappa shape index (κ3) is 3.40. The van der Waals surface area contributed by atoms with E-state index in [9.17, 15) is 10.1 Å². The molecule has 0 saturated carbocycles. The van der Waals surface area contributed by atoms with Gasteiger partial charge in [0, 0.05) is 23.4 Å². The van der Waals surface area contributed by atoms with Gasteiger partial charge >= 0.3 is 0 Å². The van der Waals surface area contributed by atoms with E-state index in [-0.39, 0.29) is 5.69 Å². The molecule has 1 atom stereocenters. The lowest BCUT2D eigenvalue weighted by molar-refractivity contribution is -0.385. The third-order valence-corrected chi connectivity index (χ3v) is 3.81. The van der Waals surface area contributed by atoms with Crippen LogP contribution in [-0.4, -0.2) is 31.9 Å². The zero-order valence-corrected chi connectivity index (χ0v) is 12.7. The second kappa shape index (κ2) is 6.90. The van der Waals surface area contributed by atoms with E-state index >= 15 is 0 Å². The fourth-order valence-electron chi connectivity index (χ4n) is 2.06. The molecule has 0 amide bonds. The lowest BCUT2D eigenvalue weighted by Gasteiger charge is -2.14. The number of hydrogen-bond donors (Lipinski definition) is 0. The molecular weight excluding hydrogens is 330 g/mol. The SMILES string of the molecule is COc1cc(CBr)c([N+](=O)[O-])cc1OCC1CCOC1. The van der Waals surface area contributed by atoms with Crippen molar-refractivity contribution in [2.75, 3.05) is 26.9 Å². The molecule has 1 unspecified atom stereocenters. The van der Waals surface area contributed by atoms with Gasteiger partial charge in [0.15, 0.2) is 11.5 Å². The van der Waals surface area contributed by atoms with Crippen LogP contribution in [-0.2, 0) is 10.1 Å². The van der Waals surface area contributed by atoms with Crippen LogP contribution >= 0.6 is 15.9 Å². The molecule has 0 bridgehead atoms. The lowest BCUT2D eigenvalue weighted by Crippen LogP contribution is -2.12. The van der Waals surface area contributed by atoms with Crippen molar-refractivity contribution in [2.45, 2.75) is 11.8 Å². The first-order valence-corrected chi connectivity index (χ1v) is 7.39. The van der Waals surface area contributed by atoms with E-state index in [4.69, 9.17) is 14.2 Å². The van der Waals surface area contributed by atoms with Gasteiger partial charge in [-0.25, -0.2) is 0 Å². The molecule has 0 aromatic heterocycles. The van der Waals surface area contributed by atoms with Crippen molar-refractivity contribution in [3.63, 3.8) is 0 Å². The highest BCUT2D eigenvalue weighted by Crippen LogP contribution is 2.36. The van der Waals surface area contributed by atoms with Gasteiger partial charge < -0.3 is 14.2 Å². The van der Waals surface area contributed by atoms with Crippen molar-refractivity contribution in [2.24, 2.45) is 5.92 Å². The van der Waals surface area contributed by atoms with Crippen LogP contribution in [0, 0.1) is 16.0 Å². The molecule has 6 nitrogen and oxygen atoms in total. The van der Waals surface area contributed by atoms with E-state index < -0.39 is 4.92 Å². The number of nitrogens with zero attached hydrogens (tertiary/aromatic N) is 1. The van der Waals surface area contributed by atoms with Crippen molar-refractivity contribution in [3.05, 3.63) is 27.8 Å². The van der Waals surface area contributed by atoms with E-state index in [0.29, 0.717) is 41.5 Å². The number of nitro groups is 1. The molecule has 0 N–H and O–H groups in total. The highest BCUT2D eigenvalue weighted by atomic mass is 79.9. The van der Waals surface area contributed by atoms with Crippen LogP contribution in [0.25, 0.3) is 0 Å². The van der Waals surface area contributed by atoms with Crippen LogP contribution in [0.4, 0.5) is 5.69 Å². The minimum absolute atomic E-state index is 0.0281. The van der Waals surface area contributed by atoms with Crippen LogP contribution in [0.3, 0.4) is 0 Å². The van der Waals surface area contributed by atoms with E-state index in [1.165, 1.54) is 13.2 Å². The third-order valence-electron chi connectivity index (χ3n) is 3.20. The maximum Gasteiger partial charge on any atom is 0.277 e. The molecule has 0 radical (unpaired) electrons. The summed E-state index contributed by atoms with van der Waals surface area (Å²) in [5, 5.41) is 11.4. The predicted octanol–water partition coefficient (Wildman–Crippen LogP) is 2.91. The smallest absolute Gasteiger partial charge is 0.277 e. The first kappa shape index (κ1) is 15.1. The van der Waals surface area contributed by atoms with Gasteiger partial charge in [-0.2, -0.15) is 0 Å². The van der Waals surface area contributed by atoms with E-state index in [1.54, 1.807) is 6.07 Å². The summed E-state index contributed by atoms with van der Waals surface area (Å²) in [5.74, 6) is 1.23. The first-order valence-electron chi connectivity index (χ1n) is 6.27. The van der Waals surface area contributed by atoms with Crippen LogP contribution in [0.5, 0.6) is 11.5 Å². The average Bonchev–Trinajstić information content (AvgIpc) is 2.97. The van der Waals surface area contributed by atoms with Gasteiger partial charge in [0.05, 0.1) is 31.3 Å². The molecule has 1 saturated heterocycles. The average molecular weight is 346 g/mol. The Kier molecular flexibility index (Phi) is 5.19. The molecule has 110 valence electrons. The summed E-state index contributed by atoms with van der Waals surface area (Å²) in [4.78, 5) is 10.6. The van der Waals surface area contributed by atoms with Gasteiger partial charge in [0.1, 0.15) is 0 Å². The molecule has 20 heavy (non-hydrogen) atoms. The second-order valence-corrected chi connectivity index (χ2v) is 5.12. The quantitative estimate of drug-likeness (QED) is 0.450. The first-order chi connectivity index (χ1) is 9.65. The van der Waals surface area contributed by atoms with Gasteiger partial charge in [-0.3, -0.25) is 10.1 Å². The number of alkyl halides is 1. The molecule has 7 heteroatoms. The molecular formula is C13H16BrNO5. The summed E-state index contributed by atoms with van der Waals surface area (Å²) >= 11 is 3.24. The van der Waals surface area contributed by atoms with Crippen LogP contribution < -0.4 is 9.47 Å². The minimum atomic E-state index is -0.415. The summed E-state index contributed by atoms with van der Waals surface area (Å²) in [6, 6.07) is 3.05. The number of hydrogen-bond acceptors (Lipinski definition) is 5. The summed E-state index contributed by atoms with van der Waals surface area (Å²) in [5.41, 5.74) is 0.587. The van der Waals surface area contributed by atoms with Crippen LogP contribution in [0.1, 0.15) is 12.0 Å². The number of benzene rings is 1. The number of halogens is 1. The number of methoxy groups -OCH3 is 1. The fourth-order valence-corrected chi connectivity index (χ4v) is 2.51. The Hall–Kier alpha value is -1.34. The number of rotatable bonds is 6. The maximum atomic E-state index is 11.1. The molecule has 1 aliphatic rings. The zero-order valence-electron chi connectivity index (χ0n) is 11.1. The molecule has 2 rings (SSSR count). The van der Waals surface area contributed by atoms with Crippen molar-refractivity contribution >= 4 is 21.6 Å². The molecule has 1 fully saturated rings. The normalized spacial score (nSPS) is 18.0. The standard InChI is InChI=1S/C13H16BrNO5/c1-18-12-4-10(6-14)11(15(16)17)5-13(12)20-8-9-2-3-19-7-9/h4-5,9H,2-3,6-8H2,1H3. The Labute approximate surface area is 125 Å². The summed E-state index contributed by atoms with van der Waals surface area (Å²) < 4.78 is 16.2. The van der Waals surface area contributed by atoms with Gasteiger partial charge in [0.25, 0.3) is 5.69 Å². The van der Waals surface area contributed by atoms with Crippen molar-refractivity contribution in [3.8, 4) is 11.5 Å². The Morgan fingerprint density at radius 2 is 2.30 bits per heavy atom. The second-order valence-electron chi connectivity index (χ2n) is 4.56. The molecule has 0 aliphatic carbocycles. The Bertz CT molecular complexity index is 488. The number of ether oxygens (including phenoxy) is 3. The Morgan fingerprint density at radius 1 is 1.50 bits per heavy atom. The Balaban J connectivity index is 2.20. The van der Waals surface area contributed by atoms with Gasteiger partial charge in [-0.05, 0) is 12.5 Å². The molecule has 0 spiro atoms.